The molecule has 0 aliphatic carbocycles. The fourth-order valence-electron chi connectivity index (χ4n) is 2.59. The molecule has 2 aromatic heterocycles. The summed E-state index contributed by atoms with van der Waals surface area (Å²) >= 11 is 1.44. The number of amides is 1. The van der Waals surface area contributed by atoms with E-state index < -0.39 is 5.82 Å². The van der Waals surface area contributed by atoms with Crippen molar-refractivity contribution in [2.24, 2.45) is 0 Å². The SMILES string of the molecule is O=C(Nc1ccccc1SCc1cc(=O)n2[nH]cnc2n1)c1ccc(F)cc1. The van der Waals surface area contributed by atoms with Gasteiger partial charge in [0.05, 0.1) is 11.4 Å². The number of H-pyrrole nitrogens is 1. The van der Waals surface area contributed by atoms with Crippen molar-refractivity contribution < 1.29 is 9.18 Å². The van der Waals surface area contributed by atoms with Crippen LogP contribution in [0.25, 0.3) is 5.78 Å². The molecule has 2 heterocycles. The number of para-hydroxylation sites is 1. The monoisotopic (exact) mass is 395 g/mol. The zero-order chi connectivity index (χ0) is 19.5. The van der Waals surface area contributed by atoms with Crippen molar-refractivity contribution in [2.45, 2.75) is 10.6 Å². The molecule has 2 N–H and O–H groups in total. The molecule has 0 saturated heterocycles. The number of carbonyl (C=O) groups excluding carboxylic acids is 1. The number of fused-ring (bicyclic) bond motifs is 1. The van der Waals surface area contributed by atoms with E-state index in [1.165, 1.54) is 52.9 Å². The molecule has 0 bridgehead atoms. The van der Waals surface area contributed by atoms with Gasteiger partial charge in [0.25, 0.3) is 17.2 Å². The first kappa shape index (κ1) is 17.9. The number of anilines is 1. The maximum Gasteiger partial charge on any atom is 0.274 e. The van der Waals surface area contributed by atoms with Gasteiger partial charge in [0, 0.05) is 22.3 Å². The number of thioether (sulfide) groups is 1. The van der Waals surface area contributed by atoms with Crippen molar-refractivity contribution in [1.29, 1.82) is 0 Å². The van der Waals surface area contributed by atoms with Crippen LogP contribution < -0.4 is 10.9 Å². The molecule has 0 radical (unpaired) electrons. The summed E-state index contributed by atoms with van der Waals surface area (Å²) in [5.41, 5.74) is 1.33. The maximum absolute atomic E-state index is 13.0. The lowest BCUT2D eigenvalue weighted by Crippen LogP contribution is -2.15. The van der Waals surface area contributed by atoms with Crippen LogP contribution >= 0.6 is 11.8 Å². The average Bonchev–Trinajstić information content (AvgIpc) is 3.17. The highest BCUT2D eigenvalue weighted by atomic mass is 32.2. The number of hydrogen-bond donors (Lipinski definition) is 2. The Morgan fingerprint density at radius 1 is 1.18 bits per heavy atom. The van der Waals surface area contributed by atoms with Gasteiger partial charge >= 0.3 is 0 Å². The summed E-state index contributed by atoms with van der Waals surface area (Å²) in [4.78, 5) is 33.6. The Morgan fingerprint density at radius 3 is 2.79 bits per heavy atom. The quantitative estimate of drug-likeness (QED) is 0.507. The van der Waals surface area contributed by atoms with Crippen molar-refractivity contribution in [3.63, 3.8) is 0 Å². The second-order valence-corrected chi connectivity index (χ2v) is 6.87. The maximum atomic E-state index is 13.0. The Kier molecular flexibility index (Phi) is 4.90. The number of hydrogen-bond acceptors (Lipinski definition) is 5. The van der Waals surface area contributed by atoms with Gasteiger partial charge in [0.2, 0.25) is 0 Å². The molecule has 0 aliphatic rings. The van der Waals surface area contributed by atoms with Crippen molar-refractivity contribution in [2.75, 3.05) is 5.32 Å². The van der Waals surface area contributed by atoms with E-state index in [1.807, 2.05) is 18.2 Å². The smallest absolute Gasteiger partial charge is 0.274 e. The molecule has 0 atom stereocenters. The summed E-state index contributed by atoms with van der Waals surface area (Å²) in [6, 6.07) is 14.1. The van der Waals surface area contributed by atoms with E-state index >= 15 is 0 Å². The molecular weight excluding hydrogens is 381 g/mol. The summed E-state index contributed by atoms with van der Waals surface area (Å²) in [6.07, 6.45) is 1.40. The van der Waals surface area contributed by atoms with Crippen LogP contribution in [-0.2, 0) is 5.75 Å². The summed E-state index contributed by atoms with van der Waals surface area (Å²) in [7, 11) is 0. The van der Waals surface area contributed by atoms with Crippen molar-refractivity contribution in [3.05, 3.63) is 88.4 Å². The predicted octanol–water partition coefficient (Wildman–Crippen LogP) is 3.10. The lowest BCUT2D eigenvalue weighted by atomic mass is 10.2. The van der Waals surface area contributed by atoms with Crippen molar-refractivity contribution >= 4 is 29.1 Å². The van der Waals surface area contributed by atoms with E-state index in [2.05, 4.69) is 20.4 Å². The molecule has 0 unspecified atom stereocenters. The molecule has 140 valence electrons. The molecule has 4 aromatic rings. The second kappa shape index (κ2) is 7.65. The molecule has 2 aromatic carbocycles. The molecule has 0 aliphatic heterocycles. The van der Waals surface area contributed by atoms with Crippen molar-refractivity contribution in [3.8, 4) is 0 Å². The zero-order valence-corrected chi connectivity index (χ0v) is 15.2. The van der Waals surface area contributed by atoms with E-state index in [0.29, 0.717) is 28.5 Å². The fourth-order valence-corrected chi connectivity index (χ4v) is 3.49. The number of benzene rings is 2. The van der Waals surface area contributed by atoms with Crippen LogP contribution in [0.3, 0.4) is 0 Å². The lowest BCUT2D eigenvalue weighted by molar-refractivity contribution is 0.102. The average molecular weight is 395 g/mol. The highest BCUT2D eigenvalue weighted by molar-refractivity contribution is 7.98. The Labute approximate surface area is 162 Å². The molecule has 4 rings (SSSR count). The molecule has 28 heavy (non-hydrogen) atoms. The van der Waals surface area contributed by atoms with Crippen LogP contribution in [0.4, 0.5) is 10.1 Å². The lowest BCUT2D eigenvalue weighted by Gasteiger charge is -2.10. The third kappa shape index (κ3) is 3.79. The van der Waals surface area contributed by atoms with Gasteiger partial charge < -0.3 is 5.32 Å². The van der Waals surface area contributed by atoms with Crippen LogP contribution in [0.2, 0.25) is 0 Å². The first-order valence-corrected chi connectivity index (χ1v) is 9.29. The van der Waals surface area contributed by atoms with E-state index in [9.17, 15) is 14.0 Å². The molecule has 1 amide bonds. The molecule has 0 saturated carbocycles. The number of aromatic nitrogens is 4. The summed E-state index contributed by atoms with van der Waals surface area (Å²) in [5, 5.41) is 5.52. The number of halogens is 1. The molecular formula is C19H14FN5O2S. The van der Waals surface area contributed by atoms with Gasteiger partial charge in [-0.25, -0.2) is 14.4 Å². The highest BCUT2D eigenvalue weighted by Crippen LogP contribution is 2.29. The highest BCUT2D eigenvalue weighted by Gasteiger charge is 2.11. The zero-order valence-electron chi connectivity index (χ0n) is 14.4. The predicted molar refractivity (Wildman–Crippen MR) is 104 cm³/mol. The van der Waals surface area contributed by atoms with Crippen LogP contribution in [-0.4, -0.2) is 25.5 Å². The Balaban J connectivity index is 1.51. The van der Waals surface area contributed by atoms with Gasteiger partial charge in [0.1, 0.15) is 12.1 Å². The third-order valence-corrected chi connectivity index (χ3v) is 5.05. The van der Waals surface area contributed by atoms with Crippen molar-refractivity contribution in [1.82, 2.24) is 19.6 Å². The Bertz CT molecular complexity index is 1200. The number of nitrogens with zero attached hydrogens (tertiary/aromatic N) is 3. The van der Waals surface area contributed by atoms with Gasteiger partial charge in [-0.15, -0.1) is 11.8 Å². The number of nitrogens with one attached hydrogen (secondary N) is 2. The van der Waals surface area contributed by atoms with Gasteiger partial charge in [-0.1, -0.05) is 12.1 Å². The fraction of sp³-hybridized carbons (Fsp3) is 0.0526. The minimum atomic E-state index is -0.398. The third-order valence-electron chi connectivity index (χ3n) is 3.94. The van der Waals surface area contributed by atoms with Crippen LogP contribution in [0.15, 0.2) is 70.6 Å². The second-order valence-electron chi connectivity index (χ2n) is 5.85. The van der Waals surface area contributed by atoms with E-state index in [4.69, 9.17) is 0 Å². The minimum Gasteiger partial charge on any atom is -0.321 e. The molecule has 0 fully saturated rings. The number of aromatic amines is 1. The summed E-state index contributed by atoms with van der Waals surface area (Å²) < 4.78 is 14.3. The number of rotatable bonds is 5. The van der Waals surface area contributed by atoms with Gasteiger partial charge in [-0.3, -0.25) is 14.7 Å². The van der Waals surface area contributed by atoms with Crippen LogP contribution in [0.5, 0.6) is 0 Å². The van der Waals surface area contributed by atoms with E-state index in [-0.39, 0.29) is 11.5 Å². The molecule has 0 spiro atoms. The summed E-state index contributed by atoms with van der Waals surface area (Å²) in [6.45, 7) is 0. The number of carbonyl (C=O) groups is 1. The Hall–Kier alpha value is -3.46. The topological polar surface area (TPSA) is 92.2 Å². The Morgan fingerprint density at radius 2 is 1.96 bits per heavy atom. The summed E-state index contributed by atoms with van der Waals surface area (Å²) in [5.74, 6) is 0.00956. The van der Waals surface area contributed by atoms with Gasteiger partial charge in [-0.05, 0) is 36.4 Å². The van der Waals surface area contributed by atoms with Gasteiger partial charge in [0.15, 0.2) is 0 Å². The first-order chi connectivity index (χ1) is 13.6. The van der Waals surface area contributed by atoms with Gasteiger partial charge in [-0.2, -0.15) is 4.52 Å². The normalized spacial score (nSPS) is 10.9. The first-order valence-electron chi connectivity index (χ1n) is 8.31. The standard InChI is InChI=1S/C19H14FN5O2S/c20-13-7-5-12(6-8-13)18(27)24-15-3-1-2-4-16(15)28-10-14-9-17(26)25-19(23-14)21-11-22-25/h1-9,11H,10H2,(H,24,27)(H,21,22,23). The molecule has 9 heteroatoms. The molecule has 7 nitrogen and oxygen atoms in total. The minimum absolute atomic E-state index is 0.240. The van der Waals surface area contributed by atoms with E-state index in [1.54, 1.807) is 6.07 Å². The van der Waals surface area contributed by atoms with Crippen LogP contribution in [0, 0.1) is 5.82 Å². The van der Waals surface area contributed by atoms with Crippen LogP contribution in [0.1, 0.15) is 16.1 Å². The van der Waals surface area contributed by atoms with E-state index in [0.717, 1.165) is 4.90 Å². The largest absolute Gasteiger partial charge is 0.321 e.